The number of hydrogen-bond acceptors (Lipinski definition) is 5. The predicted octanol–water partition coefficient (Wildman–Crippen LogP) is 6.07. The molecule has 2 unspecified atom stereocenters. The summed E-state index contributed by atoms with van der Waals surface area (Å²) in [6.07, 6.45) is 10.6. The Labute approximate surface area is 223 Å². The summed E-state index contributed by atoms with van der Waals surface area (Å²) in [5, 5.41) is 11.4. The van der Waals surface area contributed by atoms with E-state index < -0.39 is 0 Å². The summed E-state index contributed by atoms with van der Waals surface area (Å²) in [6.45, 7) is 18.7. The van der Waals surface area contributed by atoms with Crippen LogP contribution in [0.5, 0.6) is 5.75 Å². The number of likely N-dealkylation sites (N-methyl/N-ethyl adjacent to an activating group) is 1. The lowest BCUT2D eigenvalue weighted by atomic mass is 10.0. The minimum absolute atomic E-state index is 0.00445. The number of ether oxygens (including phenoxy) is 1. The average molecular weight is 505 g/mol. The van der Waals surface area contributed by atoms with Gasteiger partial charge in [0.05, 0.1) is 17.5 Å². The topological polar surface area (TPSA) is 68.7 Å². The predicted molar refractivity (Wildman–Crippen MR) is 154 cm³/mol. The Morgan fingerprint density at radius 3 is 2.84 bits per heavy atom. The number of nitrogens with zero attached hydrogens (tertiary/aromatic N) is 2. The zero-order chi connectivity index (χ0) is 26.9. The van der Waals surface area contributed by atoms with Crippen LogP contribution in [0, 0.1) is 5.41 Å². The summed E-state index contributed by atoms with van der Waals surface area (Å²) in [5.41, 5.74) is 5.56. The second kappa shape index (κ2) is 13.3. The summed E-state index contributed by atoms with van der Waals surface area (Å²) in [5.74, 6) is 0.816. The highest BCUT2D eigenvalue weighted by molar-refractivity contribution is 6.05. The SMILES string of the molecule is C=CCCC(C(=O)NC)N1Cc2cc(OCC3CCCCN3C(=C)C(=N)/C=C(\C)CCC)ccc2C1=C. The van der Waals surface area contributed by atoms with E-state index >= 15 is 0 Å². The standard InChI is InChI=1S/C31H44N4O2/c1-7-9-14-30(31(36)33-6)35-20-25-19-27(15-16-28(25)23(35)4)37-21-26-13-10-11-17-34(26)24(5)29(32)18-22(3)12-8-2/h7,15-16,18-19,26,30,32H,1,4-5,8-14,17,20-21H2,2-3,6H3,(H,33,36)/b22-18+,32-29?. The van der Waals surface area contributed by atoms with Crippen LogP contribution in [0.15, 0.2) is 61.4 Å². The first-order chi connectivity index (χ1) is 17.8. The molecule has 1 amide bonds. The third kappa shape index (κ3) is 6.94. The smallest absolute Gasteiger partial charge is 0.242 e. The van der Waals surface area contributed by atoms with Crippen LogP contribution in [0.2, 0.25) is 0 Å². The van der Waals surface area contributed by atoms with Crippen molar-refractivity contribution in [3.63, 3.8) is 0 Å². The third-order valence-electron chi connectivity index (χ3n) is 7.41. The van der Waals surface area contributed by atoms with Gasteiger partial charge in [-0.15, -0.1) is 6.58 Å². The molecule has 1 saturated heterocycles. The number of carbonyl (C=O) groups excluding carboxylic acids is 1. The number of hydrogen-bond donors (Lipinski definition) is 2. The van der Waals surface area contributed by atoms with Crippen LogP contribution in [-0.2, 0) is 11.3 Å². The van der Waals surface area contributed by atoms with E-state index in [9.17, 15) is 4.79 Å². The highest BCUT2D eigenvalue weighted by Crippen LogP contribution is 2.36. The molecule has 37 heavy (non-hydrogen) atoms. The van der Waals surface area contributed by atoms with Gasteiger partial charge in [0, 0.05) is 31.4 Å². The number of benzene rings is 1. The summed E-state index contributed by atoms with van der Waals surface area (Å²) in [6, 6.07) is 6.04. The van der Waals surface area contributed by atoms with Gasteiger partial charge in [-0.2, -0.15) is 0 Å². The van der Waals surface area contributed by atoms with Crippen molar-refractivity contribution in [2.24, 2.45) is 0 Å². The molecule has 1 aromatic rings. The maximum absolute atomic E-state index is 12.6. The summed E-state index contributed by atoms with van der Waals surface area (Å²) in [4.78, 5) is 16.9. The number of rotatable bonds is 13. The molecule has 0 aliphatic carbocycles. The first kappa shape index (κ1) is 28.3. The van der Waals surface area contributed by atoms with Gasteiger partial charge in [0.25, 0.3) is 0 Å². The van der Waals surface area contributed by atoms with Gasteiger partial charge >= 0.3 is 0 Å². The molecule has 0 spiro atoms. The molecule has 0 radical (unpaired) electrons. The molecule has 3 rings (SSSR count). The van der Waals surface area contributed by atoms with Crippen LogP contribution in [0.3, 0.4) is 0 Å². The molecular formula is C31H44N4O2. The number of likely N-dealkylation sites (tertiary alicyclic amines) is 1. The molecule has 6 nitrogen and oxygen atoms in total. The maximum Gasteiger partial charge on any atom is 0.242 e. The third-order valence-corrected chi connectivity index (χ3v) is 7.41. The van der Waals surface area contributed by atoms with Crippen LogP contribution >= 0.6 is 0 Å². The quantitative estimate of drug-likeness (QED) is 0.253. The monoisotopic (exact) mass is 504 g/mol. The molecule has 1 aromatic carbocycles. The average Bonchev–Trinajstić information content (AvgIpc) is 3.22. The van der Waals surface area contributed by atoms with Crippen LogP contribution < -0.4 is 10.1 Å². The first-order valence-corrected chi connectivity index (χ1v) is 13.6. The number of carbonyl (C=O) groups is 1. The van der Waals surface area contributed by atoms with E-state index in [0.717, 1.165) is 73.3 Å². The van der Waals surface area contributed by atoms with Gasteiger partial charge in [0.1, 0.15) is 18.4 Å². The van der Waals surface area contributed by atoms with Gasteiger partial charge in [0.15, 0.2) is 0 Å². The number of fused-ring (bicyclic) bond motifs is 1. The van der Waals surface area contributed by atoms with E-state index in [1.54, 1.807) is 7.05 Å². The highest BCUT2D eigenvalue weighted by Gasteiger charge is 2.32. The van der Waals surface area contributed by atoms with Crippen LogP contribution in [0.4, 0.5) is 0 Å². The fraction of sp³-hybridized carbons (Fsp3) is 0.484. The Bertz CT molecular complexity index is 1060. The van der Waals surface area contributed by atoms with Crippen molar-refractivity contribution in [3.8, 4) is 5.75 Å². The van der Waals surface area contributed by atoms with Gasteiger partial charge < -0.3 is 19.9 Å². The number of nitrogens with one attached hydrogen (secondary N) is 2. The Kier molecular flexibility index (Phi) is 10.2. The first-order valence-electron chi connectivity index (χ1n) is 13.6. The van der Waals surface area contributed by atoms with Crippen molar-refractivity contribution in [1.82, 2.24) is 15.1 Å². The zero-order valence-electron chi connectivity index (χ0n) is 22.9. The molecule has 2 atom stereocenters. The largest absolute Gasteiger partial charge is 0.491 e. The molecule has 2 aliphatic rings. The molecule has 2 heterocycles. The van der Waals surface area contributed by atoms with Crippen LogP contribution in [0.25, 0.3) is 5.70 Å². The molecule has 2 aliphatic heterocycles. The summed E-state index contributed by atoms with van der Waals surface area (Å²) < 4.78 is 6.31. The van der Waals surface area contributed by atoms with E-state index in [4.69, 9.17) is 10.1 Å². The van der Waals surface area contributed by atoms with Crippen molar-refractivity contribution < 1.29 is 9.53 Å². The summed E-state index contributed by atoms with van der Waals surface area (Å²) >= 11 is 0. The van der Waals surface area contributed by atoms with E-state index in [-0.39, 0.29) is 18.0 Å². The van der Waals surface area contributed by atoms with Crippen molar-refractivity contribution in [1.29, 1.82) is 5.41 Å². The molecule has 0 aromatic heterocycles. The minimum Gasteiger partial charge on any atom is -0.491 e. The number of allylic oxidation sites excluding steroid dienone is 3. The molecule has 0 bridgehead atoms. The zero-order valence-corrected chi connectivity index (χ0v) is 22.9. The molecular weight excluding hydrogens is 460 g/mol. The van der Waals surface area contributed by atoms with Crippen molar-refractivity contribution in [2.75, 3.05) is 20.2 Å². The fourth-order valence-corrected chi connectivity index (χ4v) is 5.35. The van der Waals surface area contributed by atoms with E-state index in [2.05, 4.69) is 60.8 Å². The van der Waals surface area contributed by atoms with Crippen molar-refractivity contribution >= 4 is 17.3 Å². The Morgan fingerprint density at radius 1 is 1.35 bits per heavy atom. The Morgan fingerprint density at radius 2 is 2.14 bits per heavy atom. The molecule has 0 saturated carbocycles. The highest BCUT2D eigenvalue weighted by atomic mass is 16.5. The minimum atomic E-state index is -0.278. The van der Waals surface area contributed by atoms with Crippen molar-refractivity contribution in [2.45, 2.75) is 77.4 Å². The second-order valence-electron chi connectivity index (χ2n) is 10.1. The van der Waals surface area contributed by atoms with Gasteiger partial charge in [0.2, 0.25) is 5.91 Å². The van der Waals surface area contributed by atoms with Crippen LogP contribution in [0.1, 0.15) is 69.9 Å². The lowest BCUT2D eigenvalue weighted by molar-refractivity contribution is -0.125. The van der Waals surface area contributed by atoms with Gasteiger partial charge in [-0.3, -0.25) is 10.2 Å². The van der Waals surface area contributed by atoms with E-state index in [1.807, 2.05) is 18.2 Å². The molecule has 2 N–H and O–H groups in total. The fourth-order valence-electron chi connectivity index (χ4n) is 5.35. The van der Waals surface area contributed by atoms with Gasteiger partial charge in [-0.25, -0.2) is 0 Å². The molecule has 1 fully saturated rings. The van der Waals surface area contributed by atoms with E-state index in [1.165, 1.54) is 5.57 Å². The van der Waals surface area contributed by atoms with Crippen molar-refractivity contribution in [3.05, 3.63) is 72.5 Å². The maximum atomic E-state index is 12.6. The lowest BCUT2D eigenvalue weighted by Gasteiger charge is -2.38. The van der Waals surface area contributed by atoms with Gasteiger partial charge in [-0.05, 0) is 75.3 Å². The number of piperidine rings is 1. The Balaban J connectivity index is 1.67. The van der Waals surface area contributed by atoms with Gasteiger partial charge in [-0.1, -0.05) is 38.2 Å². The molecule has 200 valence electrons. The van der Waals surface area contributed by atoms with E-state index in [0.29, 0.717) is 25.3 Å². The second-order valence-corrected chi connectivity index (χ2v) is 10.1. The lowest BCUT2D eigenvalue weighted by Crippen LogP contribution is -2.43. The Hall–Kier alpha value is -3.28. The van der Waals surface area contributed by atoms with Crippen LogP contribution in [-0.4, -0.2) is 53.7 Å². The number of amides is 1. The normalized spacial score (nSPS) is 18.3. The molecule has 6 heteroatoms. The summed E-state index contributed by atoms with van der Waals surface area (Å²) in [7, 11) is 1.68.